The fourth-order valence-corrected chi connectivity index (χ4v) is 2.81. The summed E-state index contributed by atoms with van der Waals surface area (Å²) in [6, 6.07) is 0. The molecule has 160 valence electrons. The van der Waals surface area contributed by atoms with Crippen molar-refractivity contribution in [2.24, 2.45) is 0 Å². The molecular formula is C22H42MoO4. The molecule has 4 nitrogen and oxygen atoms in total. The van der Waals surface area contributed by atoms with Crippen molar-refractivity contribution in [1.82, 2.24) is 0 Å². The number of hydrogen-bond acceptors (Lipinski definition) is 4. The summed E-state index contributed by atoms with van der Waals surface area (Å²) in [4.78, 5) is 20.1. The molecule has 0 aliphatic rings. The maximum Gasteiger partial charge on any atom is 2.00 e. The molecule has 0 radical (unpaired) electrons. The van der Waals surface area contributed by atoms with Crippen LogP contribution in [-0.4, -0.2) is 11.9 Å². The van der Waals surface area contributed by atoms with Crippen LogP contribution in [0.2, 0.25) is 0 Å². The molecule has 0 unspecified atom stereocenters. The number of aliphatic carboxylic acids is 2. The van der Waals surface area contributed by atoms with Gasteiger partial charge in [-0.25, -0.2) is 0 Å². The molecule has 0 aliphatic carbocycles. The molecule has 0 spiro atoms. The zero-order valence-corrected chi connectivity index (χ0v) is 19.8. The Hall–Kier alpha value is -0.372. The molecule has 0 bridgehead atoms. The molecule has 0 aliphatic heterocycles. The summed E-state index contributed by atoms with van der Waals surface area (Å²) < 4.78 is 0. The second-order valence-corrected chi connectivity index (χ2v) is 7.19. The molecule has 0 aromatic carbocycles. The molecule has 0 N–H and O–H groups in total. The van der Waals surface area contributed by atoms with Gasteiger partial charge >= 0.3 is 21.1 Å². The van der Waals surface area contributed by atoms with E-state index in [1.807, 2.05) is 0 Å². The first-order valence-electron chi connectivity index (χ1n) is 10.9. The monoisotopic (exact) mass is 468 g/mol. The molecule has 0 fully saturated rings. The Labute approximate surface area is 182 Å². The van der Waals surface area contributed by atoms with Gasteiger partial charge in [-0.3, -0.25) is 0 Å². The molecule has 0 rings (SSSR count). The van der Waals surface area contributed by atoms with Crippen molar-refractivity contribution in [1.29, 1.82) is 0 Å². The van der Waals surface area contributed by atoms with Gasteiger partial charge in [0.2, 0.25) is 0 Å². The van der Waals surface area contributed by atoms with Crippen LogP contribution in [0, 0.1) is 0 Å². The van der Waals surface area contributed by atoms with Gasteiger partial charge in [0, 0.05) is 11.9 Å². The standard InChI is InChI=1S/2C11H22O2.Mo/c2*1-2-3-4-5-6-7-8-9-10-11(12)13;/h2*2-10H2,1H3,(H,12,13);/q;;+2/p-2. The maximum atomic E-state index is 10.1. The molecule has 27 heavy (non-hydrogen) atoms. The summed E-state index contributed by atoms with van der Waals surface area (Å²) in [5.41, 5.74) is 0. The van der Waals surface area contributed by atoms with Gasteiger partial charge in [-0.05, 0) is 25.7 Å². The Morgan fingerprint density at radius 1 is 0.481 bits per heavy atom. The minimum atomic E-state index is -0.911. The van der Waals surface area contributed by atoms with Gasteiger partial charge in [0.05, 0.1) is 0 Å². The largest absolute Gasteiger partial charge is 2.00 e. The van der Waals surface area contributed by atoms with Crippen molar-refractivity contribution in [3.63, 3.8) is 0 Å². The van der Waals surface area contributed by atoms with E-state index in [1.54, 1.807) is 0 Å². The number of rotatable bonds is 18. The van der Waals surface area contributed by atoms with Crippen LogP contribution in [0.4, 0.5) is 0 Å². The summed E-state index contributed by atoms with van der Waals surface area (Å²) in [5.74, 6) is -1.82. The number of carboxylic acids is 2. The van der Waals surface area contributed by atoms with Crippen molar-refractivity contribution < 1.29 is 40.9 Å². The van der Waals surface area contributed by atoms with Crippen molar-refractivity contribution >= 4 is 11.9 Å². The summed E-state index contributed by atoms with van der Waals surface area (Å²) in [6.45, 7) is 4.42. The number of carbonyl (C=O) groups is 2. The summed E-state index contributed by atoms with van der Waals surface area (Å²) in [7, 11) is 0. The van der Waals surface area contributed by atoms with Crippen LogP contribution in [-0.2, 0) is 30.7 Å². The van der Waals surface area contributed by atoms with E-state index in [1.165, 1.54) is 77.0 Å². The first-order valence-corrected chi connectivity index (χ1v) is 10.9. The fourth-order valence-electron chi connectivity index (χ4n) is 2.81. The minimum absolute atomic E-state index is 0. The molecular weight excluding hydrogens is 424 g/mol. The van der Waals surface area contributed by atoms with Gasteiger partial charge in [-0.1, -0.05) is 104 Å². The van der Waals surface area contributed by atoms with Crippen LogP contribution >= 0.6 is 0 Å². The van der Waals surface area contributed by atoms with Gasteiger partial charge in [0.15, 0.2) is 0 Å². The van der Waals surface area contributed by atoms with Crippen molar-refractivity contribution in [2.75, 3.05) is 0 Å². The number of unbranched alkanes of at least 4 members (excludes halogenated alkanes) is 14. The maximum absolute atomic E-state index is 10.1. The summed E-state index contributed by atoms with van der Waals surface area (Å²) in [6.07, 6.45) is 19.5. The van der Waals surface area contributed by atoms with Gasteiger partial charge in [-0.2, -0.15) is 0 Å². The zero-order chi connectivity index (χ0) is 19.9. The predicted octanol–water partition coefficient (Wildman–Crippen LogP) is 4.53. The summed E-state index contributed by atoms with van der Waals surface area (Å²) in [5, 5.41) is 20.1. The van der Waals surface area contributed by atoms with E-state index in [0.29, 0.717) is 0 Å². The van der Waals surface area contributed by atoms with Crippen LogP contribution < -0.4 is 10.2 Å². The summed E-state index contributed by atoms with van der Waals surface area (Å²) >= 11 is 0. The Morgan fingerprint density at radius 2 is 0.704 bits per heavy atom. The topological polar surface area (TPSA) is 80.3 Å². The van der Waals surface area contributed by atoms with E-state index in [2.05, 4.69) is 13.8 Å². The van der Waals surface area contributed by atoms with E-state index in [-0.39, 0.29) is 33.9 Å². The molecule has 5 heteroatoms. The SMILES string of the molecule is CCCCCCCCCCC(=O)[O-].CCCCCCCCCCC(=O)[O-].[Mo+2]. The average Bonchev–Trinajstić information content (AvgIpc) is 2.60. The van der Waals surface area contributed by atoms with Gasteiger partial charge in [-0.15, -0.1) is 0 Å². The van der Waals surface area contributed by atoms with Crippen LogP contribution in [0.3, 0.4) is 0 Å². The van der Waals surface area contributed by atoms with E-state index >= 15 is 0 Å². The molecule has 0 aromatic rings. The van der Waals surface area contributed by atoms with Crippen molar-refractivity contribution in [3.8, 4) is 0 Å². The molecule has 0 atom stereocenters. The Balaban J connectivity index is -0.000000411. The van der Waals surface area contributed by atoms with Crippen LogP contribution in [0.25, 0.3) is 0 Å². The van der Waals surface area contributed by atoms with Gasteiger partial charge in [0.1, 0.15) is 0 Å². The molecule has 0 saturated carbocycles. The number of carboxylic acid groups (broad SMARTS) is 2. The Kier molecular flexibility index (Phi) is 32.3. The second kappa shape index (κ2) is 27.8. The molecule has 0 heterocycles. The average molecular weight is 467 g/mol. The van der Waals surface area contributed by atoms with Crippen LogP contribution in [0.5, 0.6) is 0 Å². The van der Waals surface area contributed by atoms with Gasteiger partial charge in [0.25, 0.3) is 0 Å². The van der Waals surface area contributed by atoms with Crippen LogP contribution in [0.15, 0.2) is 0 Å². The van der Waals surface area contributed by atoms with Crippen molar-refractivity contribution in [2.45, 2.75) is 129 Å². The number of hydrogen-bond donors (Lipinski definition) is 0. The zero-order valence-electron chi connectivity index (χ0n) is 17.8. The van der Waals surface area contributed by atoms with E-state index in [4.69, 9.17) is 0 Å². The predicted molar refractivity (Wildman–Crippen MR) is 104 cm³/mol. The first kappa shape index (κ1) is 31.3. The third-order valence-electron chi connectivity index (χ3n) is 4.47. The third kappa shape index (κ3) is 37.1. The Morgan fingerprint density at radius 3 is 0.926 bits per heavy atom. The van der Waals surface area contributed by atoms with Crippen molar-refractivity contribution in [3.05, 3.63) is 0 Å². The second-order valence-electron chi connectivity index (χ2n) is 7.19. The smallest absolute Gasteiger partial charge is 0.550 e. The molecule has 0 amide bonds. The fraction of sp³-hybridized carbons (Fsp3) is 0.909. The van der Waals surface area contributed by atoms with E-state index in [9.17, 15) is 19.8 Å². The quantitative estimate of drug-likeness (QED) is 0.220. The minimum Gasteiger partial charge on any atom is -0.550 e. The third-order valence-corrected chi connectivity index (χ3v) is 4.47. The van der Waals surface area contributed by atoms with Gasteiger partial charge < -0.3 is 19.8 Å². The van der Waals surface area contributed by atoms with Crippen LogP contribution in [0.1, 0.15) is 129 Å². The molecule has 0 saturated heterocycles. The Bertz CT molecular complexity index is 279. The van der Waals surface area contributed by atoms with E-state index in [0.717, 1.165) is 25.7 Å². The molecule has 0 aromatic heterocycles. The normalized spacial score (nSPS) is 9.85. The number of carbonyl (C=O) groups excluding carboxylic acids is 2. The van der Waals surface area contributed by atoms with E-state index < -0.39 is 11.9 Å². The first-order chi connectivity index (χ1) is 12.5.